The molecule has 0 aliphatic carbocycles. The molecule has 0 saturated carbocycles. The molecule has 2 aromatic carbocycles. The van der Waals surface area contributed by atoms with Crippen LogP contribution in [0.3, 0.4) is 0 Å². The van der Waals surface area contributed by atoms with Gasteiger partial charge in [0.15, 0.2) is 0 Å². The van der Waals surface area contributed by atoms with E-state index in [0.29, 0.717) is 18.7 Å². The Bertz CT molecular complexity index is 855. The van der Waals surface area contributed by atoms with Crippen molar-refractivity contribution in [2.45, 2.75) is 13.0 Å². The fourth-order valence-corrected chi connectivity index (χ4v) is 2.80. The third kappa shape index (κ3) is 2.88. The normalized spacial score (nSPS) is 12.5. The Labute approximate surface area is 139 Å². The number of carbonyl (C=O) groups is 1. The van der Waals surface area contributed by atoms with Crippen LogP contribution in [0.2, 0.25) is 0 Å². The van der Waals surface area contributed by atoms with Crippen molar-refractivity contribution in [2.24, 2.45) is 0 Å². The van der Waals surface area contributed by atoms with Crippen molar-refractivity contribution in [2.75, 3.05) is 6.61 Å². The smallest absolute Gasteiger partial charge is 0.251 e. The minimum atomic E-state index is -0.0687. The van der Waals surface area contributed by atoms with Crippen LogP contribution in [0.1, 0.15) is 21.5 Å². The topological polar surface area (TPSA) is 56.2 Å². The van der Waals surface area contributed by atoms with Gasteiger partial charge in [-0.1, -0.05) is 12.1 Å². The van der Waals surface area contributed by atoms with E-state index in [4.69, 9.17) is 4.74 Å². The summed E-state index contributed by atoms with van der Waals surface area (Å²) in [4.78, 5) is 12.3. The Balaban J connectivity index is 1.40. The second-order valence-electron chi connectivity index (χ2n) is 5.72. The van der Waals surface area contributed by atoms with Gasteiger partial charge in [-0.25, -0.2) is 4.68 Å². The summed E-state index contributed by atoms with van der Waals surface area (Å²) in [5.41, 5.74) is 3.82. The largest absolute Gasteiger partial charge is 0.493 e. The average Bonchev–Trinajstić information content (AvgIpc) is 3.30. The summed E-state index contributed by atoms with van der Waals surface area (Å²) in [5, 5.41) is 7.15. The molecule has 5 nitrogen and oxygen atoms in total. The maximum Gasteiger partial charge on any atom is 0.251 e. The zero-order valence-electron chi connectivity index (χ0n) is 13.1. The Morgan fingerprint density at radius 1 is 1.21 bits per heavy atom. The van der Waals surface area contributed by atoms with Gasteiger partial charge in [-0.3, -0.25) is 4.79 Å². The van der Waals surface area contributed by atoms with Crippen LogP contribution in [0, 0.1) is 0 Å². The molecule has 24 heavy (non-hydrogen) atoms. The summed E-state index contributed by atoms with van der Waals surface area (Å²) in [6.07, 6.45) is 4.51. The first kappa shape index (κ1) is 14.5. The zero-order valence-corrected chi connectivity index (χ0v) is 13.1. The quantitative estimate of drug-likeness (QED) is 0.804. The van der Waals surface area contributed by atoms with E-state index in [1.165, 1.54) is 0 Å². The number of amides is 1. The van der Waals surface area contributed by atoms with Crippen molar-refractivity contribution in [3.05, 3.63) is 77.6 Å². The third-order valence-electron chi connectivity index (χ3n) is 4.11. The van der Waals surface area contributed by atoms with E-state index in [0.717, 1.165) is 29.0 Å². The first-order valence-electron chi connectivity index (χ1n) is 7.92. The molecule has 1 aromatic heterocycles. The third-order valence-corrected chi connectivity index (χ3v) is 4.11. The highest BCUT2D eigenvalue weighted by atomic mass is 16.5. The maximum atomic E-state index is 12.3. The second kappa shape index (κ2) is 6.20. The fraction of sp³-hybridized carbons (Fsp3) is 0.158. The number of hydrogen-bond donors (Lipinski definition) is 1. The van der Waals surface area contributed by atoms with Gasteiger partial charge in [0, 0.05) is 30.9 Å². The van der Waals surface area contributed by atoms with Crippen LogP contribution in [0.25, 0.3) is 5.69 Å². The zero-order chi connectivity index (χ0) is 16.4. The predicted molar refractivity (Wildman–Crippen MR) is 90.4 cm³/mol. The molecule has 1 amide bonds. The van der Waals surface area contributed by atoms with Crippen molar-refractivity contribution in [1.82, 2.24) is 15.1 Å². The van der Waals surface area contributed by atoms with Crippen molar-refractivity contribution in [1.29, 1.82) is 0 Å². The lowest BCUT2D eigenvalue weighted by Gasteiger charge is -2.08. The molecule has 1 aliphatic rings. The van der Waals surface area contributed by atoms with Gasteiger partial charge in [-0.05, 0) is 47.5 Å². The van der Waals surface area contributed by atoms with Gasteiger partial charge in [0.25, 0.3) is 5.91 Å². The van der Waals surface area contributed by atoms with Crippen LogP contribution in [-0.4, -0.2) is 22.3 Å². The van der Waals surface area contributed by atoms with E-state index in [-0.39, 0.29) is 5.91 Å². The molecular formula is C19H17N3O2. The van der Waals surface area contributed by atoms with E-state index in [1.54, 1.807) is 16.9 Å². The van der Waals surface area contributed by atoms with E-state index in [9.17, 15) is 4.79 Å². The predicted octanol–water partition coefficient (Wildman–Crippen LogP) is 2.74. The number of ether oxygens (including phenoxy) is 1. The molecule has 0 atom stereocenters. The summed E-state index contributed by atoms with van der Waals surface area (Å²) < 4.78 is 7.27. The van der Waals surface area contributed by atoms with Crippen LogP contribution in [-0.2, 0) is 13.0 Å². The molecule has 4 rings (SSSR count). The number of nitrogens with one attached hydrogen (secondary N) is 1. The van der Waals surface area contributed by atoms with E-state index in [2.05, 4.69) is 10.4 Å². The Morgan fingerprint density at radius 3 is 2.88 bits per heavy atom. The number of aromatic nitrogens is 2. The Kier molecular flexibility index (Phi) is 3.75. The Hall–Kier alpha value is -3.08. The number of carbonyl (C=O) groups excluding carboxylic acids is 1. The van der Waals surface area contributed by atoms with Gasteiger partial charge in [0.05, 0.1) is 12.3 Å². The maximum absolute atomic E-state index is 12.3. The minimum absolute atomic E-state index is 0.0687. The summed E-state index contributed by atoms with van der Waals surface area (Å²) in [5.74, 6) is 0.821. The van der Waals surface area contributed by atoms with Crippen molar-refractivity contribution >= 4 is 5.91 Å². The minimum Gasteiger partial charge on any atom is -0.493 e. The molecule has 0 radical (unpaired) electrons. The van der Waals surface area contributed by atoms with E-state index < -0.39 is 0 Å². The van der Waals surface area contributed by atoms with Crippen LogP contribution in [0.15, 0.2) is 60.9 Å². The van der Waals surface area contributed by atoms with Gasteiger partial charge in [-0.15, -0.1) is 0 Å². The molecule has 0 fully saturated rings. The summed E-state index contributed by atoms with van der Waals surface area (Å²) >= 11 is 0. The van der Waals surface area contributed by atoms with Gasteiger partial charge in [0.1, 0.15) is 5.75 Å². The van der Waals surface area contributed by atoms with Crippen molar-refractivity contribution < 1.29 is 9.53 Å². The molecule has 0 saturated heterocycles. The van der Waals surface area contributed by atoms with E-state index in [1.807, 2.05) is 48.7 Å². The van der Waals surface area contributed by atoms with E-state index >= 15 is 0 Å². The van der Waals surface area contributed by atoms with Gasteiger partial charge >= 0.3 is 0 Å². The number of hydrogen-bond acceptors (Lipinski definition) is 3. The molecule has 1 N–H and O–H groups in total. The fourth-order valence-electron chi connectivity index (χ4n) is 2.80. The summed E-state index contributed by atoms with van der Waals surface area (Å²) in [7, 11) is 0. The second-order valence-corrected chi connectivity index (χ2v) is 5.72. The monoisotopic (exact) mass is 319 g/mol. The van der Waals surface area contributed by atoms with Crippen LogP contribution in [0.4, 0.5) is 0 Å². The average molecular weight is 319 g/mol. The number of fused-ring (bicyclic) bond motifs is 1. The molecule has 0 bridgehead atoms. The van der Waals surface area contributed by atoms with Gasteiger partial charge in [0.2, 0.25) is 0 Å². The van der Waals surface area contributed by atoms with Crippen molar-refractivity contribution in [3.63, 3.8) is 0 Å². The SMILES string of the molecule is O=C(NCc1ccc(-n2cccn2)cc1)c1ccc2c(c1)CCO2. The molecule has 120 valence electrons. The molecule has 3 aromatic rings. The number of benzene rings is 2. The summed E-state index contributed by atoms with van der Waals surface area (Å²) in [6, 6.07) is 15.4. The van der Waals surface area contributed by atoms with Crippen LogP contribution in [0.5, 0.6) is 5.75 Å². The number of rotatable bonds is 4. The Morgan fingerprint density at radius 2 is 2.08 bits per heavy atom. The molecule has 0 unspecified atom stereocenters. The highest BCUT2D eigenvalue weighted by Gasteiger charge is 2.14. The van der Waals surface area contributed by atoms with Crippen LogP contribution >= 0.6 is 0 Å². The molecule has 2 heterocycles. The highest BCUT2D eigenvalue weighted by molar-refractivity contribution is 5.94. The number of nitrogens with zero attached hydrogens (tertiary/aromatic N) is 2. The van der Waals surface area contributed by atoms with Gasteiger partial charge in [-0.2, -0.15) is 5.10 Å². The first-order chi connectivity index (χ1) is 11.8. The van der Waals surface area contributed by atoms with Crippen molar-refractivity contribution in [3.8, 4) is 11.4 Å². The lowest BCUT2D eigenvalue weighted by atomic mass is 10.1. The molecule has 0 spiro atoms. The summed E-state index contributed by atoms with van der Waals surface area (Å²) in [6.45, 7) is 1.19. The first-order valence-corrected chi connectivity index (χ1v) is 7.92. The van der Waals surface area contributed by atoms with Crippen LogP contribution < -0.4 is 10.1 Å². The van der Waals surface area contributed by atoms with Gasteiger partial charge < -0.3 is 10.1 Å². The molecular weight excluding hydrogens is 302 g/mol. The molecule has 5 heteroatoms. The lowest BCUT2D eigenvalue weighted by molar-refractivity contribution is 0.0951. The molecule has 1 aliphatic heterocycles. The lowest BCUT2D eigenvalue weighted by Crippen LogP contribution is -2.22. The highest BCUT2D eigenvalue weighted by Crippen LogP contribution is 2.25. The standard InChI is InChI=1S/C19H17N3O2/c23-19(16-4-7-18-15(12-16)8-11-24-18)20-13-14-2-5-17(6-3-14)22-10-1-9-21-22/h1-7,9-10,12H,8,11,13H2,(H,20,23).